The van der Waals surface area contributed by atoms with E-state index in [2.05, 4.69) is 24.3 Å². The van der Waals surface area contributed by atoms with Crippen LogP contribution in [0.25, 0.3) is 0 Å². The van der Waals surface area contributed by atoms with E-state index in [0.29, 0.717) is 38.5 Å². The van der Waals surface area contributed by atoms with Gasteiger partial charge >= 0.3 is 0 Å². The fourth-order valence-corrected chi connectivity index (χ4v) is 7.34. The first kappa shape index (κ1) is 87.9. The molecule has 0 heterocycles. The summed E-state index contributed by atoms with van der Waals surface area (Å²) in [5, 5.41) is 25.8. The minimum absolute atomic E-state index is 0. The van der Waals surface area contributed by atoms with Gasteiger partial charge in [0.25, 0.3) is 0 Å². The van der Waals surface area contributed by atoms with Crippen LogP contribution < -0.4 is 4.74 Å². The van der Waals surface area contributed by atoms with E-state index in [0.717, 1.165) is 16.7 Å². The number of rotatable bonds is 6. The summed E-state index contributed by atoms with van der Waals surface area (Å²) in [7, 11) is -6.88. The van der Waals surface area contributed by atoms with Gasteiger partial charge in [0.05, 0.1) is 19.6 Å². The maximum Gasteiger partial charge on any atom is 0.206 e. The van der Waals surface area contributed by atoms with Crippen LogP contribution in [0.3, 0.4) is 0 Å². The Hall–Kier alpha value is -4.93. The Morgan fingerprint density at radius 2 is 0.443 bits per heavy atom. The summed E-state index contributed by atoms with van der Waals surface area (Å²) in [4.78, 5) is 1.21. The Morgan fingerprint density at radius 1 is 0.278 bits per heavy atom. The molecule has 0 bridgehead atoms. The molecule has 12 heteroatoms. The van der Waals surface area contributed by atoms with Gasteiger partial charge in [0, 0.05) is 88.4 Å². The molecule has 0 aliphatic heterocycles. The molecule has 79 heavy (non-hydrogen) atoms. The molecule has 0 saturated carbocycles. The molecule has 8 rings (SSSR count). The van der Waals surface area contributed by atoms with Crippen LogP contribution in [0.4, 0.5) is 0 Å². The number of hydrogen-bond donors (Lipinski definition) is 3. The Kier molecular flexibility index (Phi) is 65.9. The number of sulfone groups is 2. The van der Waals surface area contributed by atoms with Crippen LogP contribution in [0, 0.1) is 45.0 Å². The van der Waals surface area contributed by atoms with E-state index in [-0.39, 0.29) is 75.2 Å². The van der Waals surface area contributed by atoms with Crippen molar-refractivity contribution in [2.45, 2.75) is 151 Å². The van der Waals surface area contributed by atoms with E-state index in [9.17, 15) is 16.8 Å². The molecular weight excluding hydrogens is 1170 g/mol. The predicted molar refractivity (Wildman–Crippen MR) is 328 cm³/mol. The molecule has 0 fully saturated rings. The third kappa shape index (κ3) is 40.8. The molecule has 0 unspecified atom stereocenters. The van der Waals surface area contributed by atoms with Gasteiger partial charge in [-0.15, -0.1) is 48.5 Å². The largest absolute Gasteiger partial charge is 0.533 e. The fraction of sp³-hybridized carbons (Fsp3) is 0.284. The Labute approximate surface area is 531 Å². The van der Waals surface area contributed by atoms with Crippen molar-refractivity contribution in [3.8, 4) is 28.7 Å². The van der Waals surface area contributed by atoms with Gasteiger partial charge in [-0.05, 0) is 81.4 Å². The first-order valence-electron chi connectivity index (χ1n) is 26.6. The van der Waals surface area contributed by atoms with Crippen molar-refractivity contribution in [1.82, 2.24) is 0 Å². The van der Waals surface area contributed by atoms with Crippen LogP contribution in [0.15, 0.2) is 214 Å². The maximum absolute atomic E-state index is 12.6. The molecule has 430 valence electrons. The molecule has 2 radical (unpaired) electrons. The van der Waals surface area contributed by atoms with Gasteiger partial charge in [0.1, 0.15) is 5.75 Å². The summed E-state index contributed by atoms with van der Waals surface area (Å²) < 4.78 is 55.3. The molecule has 0 aliphatic rings. The van der Waals surface area contributed by atoms with Gasteiger partial charge in [0.2, 0.25) is 19.7 Å². The summed E-state index contributed by atoms with van der Waals surface area (Å²) in [6.07, 6.45) is 0. The predicted octanol–water partition coefficient (Wildman–Crippen LogP) is 19.3. The molecule has 0 spiro atoms. The third-order valence-electron chi connectivity index (χ3n) is 8.15. The molecule has 0 atom stereocenters. The van der Waals surface area contributed by atoms with Crippen molar-refractivity contribution in [3.05, 3.63) is 235 Å². The zero-order valence-electron chi connectivity index (χ0n) is 50.8. The fourth-order valence-electron chi connectivity index (χ4n) is 4.82. The van der Waals surface area contributed by atoms with Crippen molar-refractivity contribution < 1.29 is 102 Å². The molecule has 8 aromatic carbocycles. The van der Waals surface area contributed by atoms with Crippen molar-refractivity contribution >= 4 is 19.7 Å². The topological polar surface area (TPSA) is 138 Å². The van der Waals surface area contributed by atoms with Crippen molar-refractivity contribution in [1.29, 1.82) is 0 Å². The van der Waals surface area contributed by atoms with E-state index in [1.54, 1.807) is 194 Å². The zero-order chi connectivity index (χ0) is 60.1. The quantitative estimate of drug-likeness (QED) is 0.140. The summed E-state index contributed by atoms with van der Waals surface area (Å²) in [6, 6.07) is 64.8. The van der Waals surface area contributed by atoms with Gasteiger partial charge in [0.15, 0.2) is 0 Å². The number of aromatic hydroxyl groups is 3. The van der Waals surface area contributed by atoms with Crippen LogP contribution in [0.5, 0.6) is 28.7 Å². The Bertz CT molecular complexity index is 2550. The van der Waals surface area contributed by atoms with Crippen LogP contribution in [0.2, 0.25) is 0 Å². The summed E-state index contributed by atoms with van der Waals surface area (Å²) >= 11 is 0. The standard InChI is InChI=1S/C19H15O3S.C14H14O2S.3C6H5O.8C2H6.2Y/c1-15-7-11-18(12-8-15)23(20,21)19-13-9-17(10-14-19)22-16-5-3-2-4-6-16;1-11-3-7-13(8-4-11)17(15,16)14-9-5-12(2)6-10-14;3*7-6-4-2-1-3-5-6;8*1-2;;/h3-14H,1H3;3-10H,1-2H3;3*2-5,7H;8*1-2H3;;/q-1;;3*-1;;;;;;;;;;. The summed E-state index contributed by atoms with van der Waals surface area (Å²) in [5.74, 6) is 2.13. The molecule has 8 aromatic rings. The number of hydrogen-bond acceptors (Lipinski definition) is 8. The second-order valence-electron chi connectivity index (χ2n) is 13.0. The van der Waals surface area contributed by atoms with Crippen LogP contribution in [-0.4, -0.2) is 32.2 Å². The van der Waals surface area contributed by atoms with Gasteiger partial charge in [-0.25, -0.2) is 16.8 Å². The van der Waals surface area contributed by atoms with E-state index >= 15 is 0 Å². The number of benzene rings is 8. The number of aryl methyl sites for hydroxylation is 3. The molecule has 8 nitrogen and oxygen atoms in total. The second-order valence-corrected chi connectivity index (χ2v) is 16.9. The van der Waals surface area contributed by atoms with Gasteiger partial charge in [-0.3, -0.25) is 0 Å². The van der Waals surface area contributed by atoms with Crippen LogP contribution in [0.1, 0.15) is 127 Å². The van der Waals surface area contributed by atoms with Crippen molar-refractivity contribution in [3.63, 3.8) is 0 Å². The minimum atomic E-state index is -3.51. The first-order valence-corrected chi connectivity index (χ1v) is 29.6. The van der Waals surface area contributed by atoms with Crippen LogP contribution in [-0.2, 0) is 85.1 Å². The maximum atomic E-state index is 12.6. The smallest absolute Gasteiger partial charge is 0.206 e. The minimum Gasteiger partial charge on any atom is -0.533 e. The zero-order valence-corrected chi connectivity index (χ0v) is 58.1. The SMILES string of the molecule is CC.CC.CC.CC.CC.CC.CC.CC.Cc1ccc(S(=O)(=O)c2ccc(C)cc2)cc1.Cc1ccc(S(=O)(=O)c2ccc(Oc3cc[c-]cc3)cc2)cc1.Oc1cc[c-]cc1.Oc1cc[c-]cc1.Oc1cc[c-]cc1.[Y].[Y]. The van der Waals surface area contributed by atoms with E-state index in [4.69, 9.17) is 20.1 Å². The van der Waals surface area contributed by atoms with E-state index in [1.807, 2.05) is 132 Å². The normalized spacial score (nSPS) is 8.59. The van der Waals surface area contributed by atoms with Gasteiger partial charge < -0.3 is 20.1 Å². The monoisotopic (exact) mass is 1270 g/mol. The molecule has 0 aromatic heterocycles. The Morgan fingerprint density at radius 3 is 0.620 bits per heavy atom. The average molecular weight is 1270 g/mol. The molecule has 0 amide bonds. The second kappa shape index (κ2) is 59.2. The van der Waals surface area contributed by atoms with E-state index < -0.39 is 19.7 Å². The number of phenols is 3. The van der Waals surface area contributed by atoms with Crippen LogP contribution >= 0.6 is 0 Å². The Balaban J connectivity index is -0.000000163. The number of phenolic OH excluding ortho intramolecular Hbond substituents is 3. The summed E-state index contributed by atoms with van der Waals surface area (Å²) in [5.41, 5.74) is 3.12. The van der Waals surface area contributed by atoms with E-state index in [1.165, 1.54) is 0 Å². The molecular formula is C67H92O8S2Y2-4. The van der Waals surface area contributed by atoms with Crippen molar-refractivity contribution in [2.75, 3.05) is 0 Å². The number of ether oxygens (including phenoxy) is 1. The van der Waals surface area contributed by atoms with Gasteiger partial charge in [-0.2, -0.15) is 72.8 Å². The molecule has 0 saturated heterocycles. The third-order valence-corrected chi connectivity index (χ3v) is 11.7. The van der Waals surface area contributed by atoms with Gasteiger partial charge in [-0.1, -0.05) is 164 Å². The molecule has 0 aliphatic carbocycles. The summed E-state index contributed by atoms with van der Waals surface area (Å²) in [6.45, 7) is 37.8. The van der Waals surface area contributed by atoms with Crippen molar-refractivity contribution in [2.24, 2.45) is 0 Å². The molecule has 3 N–H and O–H groups in total. The first-order chi connectivity index (χ1) is 37.2. The average Bonchev–Trinajstić information content (AvgIpc) is 3.49.